The smallest absolute Gasteiger partial charge is 0.309 e. The molecule has 0 radical (unpaired) electrons. The molecule has 0 spiro atoms. The highest BCUT2D eigenvalue weighted by Crippen LogP contribution is 2.36. The van der Waals surface area contributed by atoms with Crippen LogP contribution in [0.3, 0.4) is 0 Å². The van der Waals surface area contributed by atoms with Crippen molar-refractivity contribution < 1.29 is 15.0 Å². The average molecular weight is 202 g/mol. The van der Waals surface area contributed by atoms with Crippen molar-refractivity contribution in [1.29, 1.82) is 0 Å². The minimum absolute atomic E-state index is 0.406. The molecular formula is C11H22O3. The molecule has 0 rings (SSSR count). The van der Waals surface area contributed by atoms with E-state index in [9.17, 15) is 9.90 Å². The Hall–Kier alpha value is -0.570. The molecule has 0 aromatic heterocycles. The maximum atomic E-state index is 11.1. The summed E-state index contributed by atoms with van der Waals surface area (Å²) in [5, 5.41) is 19.1. The van der Waals surface area contributed by atoms with Gasteiger partial charge in [0.1, 0.15) is 0 Å². The van der Waals surface area contributed by atoms with E-state index in [1.165, 1.54) is 0 Å². The first kappa shape index (κ1) is 13.4. The quantitative estimate of drug-likeness (QED) is 0.721. The molecule has 0 fully saturated rings. The molecule has 0 aromatic rings. The summed E-state index contributed by atoms with van der Waals surface area (Å²) in [6.07, 6.45) is -0.833. The maximum absolute atomic E-state index is 11.1. The molecule has 0 bridgehead atoms. The van der Waals surface area contributed by atoms with Gasteiger partial charge in [-0.3, -0.25) is 4.79 Å². The summed E-state index contributed by atoms with van der Waals surface area (Å²) >= 11 is 0. The van der Waals surface area contributed by atoms with Gasteiger partial charge in [0.25, 0.3) is 0 Å². The molecule has 3 heteroatoms. The lowest BCUT2D eigenvalue weighted by atomic mass is 9.70. The molecule has 0 saturated carbocycles. The van der Waals surface area contributed by atoms with Crippen LogP contribution in [0.15, 0.2) is 0 Å². The van der Waals surface area contributed by atoms with E-state index < -0.39 is 28.8 Å². The van der Waals surface area contributed by atoms with Crippen molar-refractivity contribution in [2.24, 2.45) is 16.7 Å². The van der Waals surface area contributed by atoms with Crippen LogP contribution in [0.25, 0.3) is 0 Å². The molecule has 2 atom stereocenters. The average Bonchev–Trinajstić information content (AvgIpc) is 1.79. The van der Waals surface area contributed by atoms with Gasteiger partial charge in [0, 0.05) is 0 Å². The van der Waals surface area contributed by atoms with Crippen LogP contribution >= 0.6 is 0 Å². The molecule has 2 N–H and O–H groups in total. The second kappa shape index (κ2) is 3.89. The predicted molar refractivity (Wildman–Crippen MR) is 56.0 cm³/mol. The summed E-state index contributed by atoms with van der Waals surface area (Å²) in [6, 6.07) is 0. The Morgan fingerprint density at radius 2 is 1.36 bits per heavy atom. The fraction of sp³-hybridized carbons (Fsp3) is 0.909. The molecule has 2 unspecified atom stereocenters. The summed E-state index contributed by atoms with van der Waals surface area (Å²) in [7, 11) is 0. The number of hydrogen-bond donors (Lipinski definition) is 2. The molecule has 84 valence electrons. The SMILES string of the molecule is CC(C)(C)C(O)C(C(=O)O)C(C)(C)C. The van der Waals surface area contributed by atoms with Crippen molar-refractivity contribution in [2.75, 3.05) is 0 Å². The molecule has 0 saturated heterocycles. The number of carbonyl (C=O) groups is 1. The Bertz CT molecular complexity index is 208. The van der Waals surface area contributed by atoms with Crippen LogP contribution in [0.2, 0.25) is 0 Å². The summed E-state index contributed by atoms with van der Waals surface area (Å²) < 4.78 is 0. The van der Waals surface area contributed by atoms with Gasteiger partial charge in [-0.25, -0.2) is 0 Å². The molecule has 0 aliphatic rings. The van der Waals surface area contributed by atoms with E-state index in [1.807, 2.05) is 41.5 Å². The third-order valence-electron chi connectivity index (χ3n) is 2.40. The fourth-order valence-electron chi connectivity index (χ4n) is 1.48. The largest absolute Gasteiger partial charge is 0.481 e. The van der Waals surface area contributed by atoms with Crippen LogP contribution in [0.4, 0.5) is 0 Å². The van der Waals surface area contributed by atoms with Gasteiger partial charge in [0.15, 0.2) is 0 Å². The topological polar surface area (TPSA) is 57.5 Å². The number of hydrogen-bond acceptors (Lipinski definition) is 2. The van der Waals surface area contributed by atoms with E-state index in [0.29, 0.717) is 0 Å². The molecule has 0 amide bonds. The third-order valence-corrected chi connectivity index (χ3v) is 2.40. The first-order chi connectivity index (χ1) is 5.98. The summed E-state index contributed by atoms with van der Waals surface area (Å²) in [4.78, 5) is 11.1. The van der Waals surface area contributed by atoms with E-state index in [4.69, 9.17) is 5.11 Å². The van der Waals surface area contributed by atoms with Crippen molar-refractivity contribution in [2.45, 2.75) is 47.6 Å². The van der Waals surface area contributed by atoms with Gasteiger partial charge >= 0.3 is 5.97 Å². The fourth-order valence-corrected chi connectivity index (χ4v) is 1.48. The highest BCUT2D eigenvalue weighted by Gasteiger charge is 2.42. The van der Waals surface area contributed by atoms with Gasteiger partial charge in [-0.2, -0.15) is 0 Å². The van der Waals surface area contributed by atoms with Crippen LogP contribution < -0.4 is 0 Å². The van der Waals surface area contributed by atoms with Crippen molar-refractivity contribution in [3.63, 3.8) is 0 Å². The molecule has 3 nitrogen and oxygen atoms in total. The monoisotopic (exact) mass is 202 g/mol. The van der Waals surface area contributed by atoms with Gasteiger partial charge in [0.05, 0.1) is 12.0 Å². The first-order valence-electron chi connectivity index (χ1n) is 4.89. The Kier molecular flexibility index (Phi) is 3.73. The van der Waals surface area contributed by atoms with Crippen LogP contribution in [0.1, 0.15) is 41.5 Å². The zero-order valence-electron chi connectivity index (χ0n) is 9.96. The predicted octanol–water partition coefficient (Wildman–Crippen LogP) is 2.14. The van der Waals surface area contributed by atoms with Gasteiger partial charge in [0.2, 0.25) is 0 Å². The molecule has 0 aromatic carbocycles. The van der Waals surface area contributed by atoms with Crippen LogP contribution in [0.5, 0.6) is 0 Å². The number of rotatable bonds is 2. The number of aliphatic carboxylic acids is 1. The molecule has 14 heavy (non-hydrogen) atoms. The van der Waals surface area contributed by atoms with Crippen LogP contribution in [0, 0.1) is 16.7 Å². The summed E-state index contributed by atoms with van der Waals surface area (Å²) in [6.45, 7) is 11.0. The van der Waals surface area contributed by atoms with Gasteiger partial charge < -0.3 is 10.2 Å². The highest BCUT2D eigenvalue weighted by atomic mass is 16.4. The van der Waals surface area contributed by atoms with Crippen molar-refractivity contribution >= 4 is 5.97 Å². The van der Waals surface area contributed by atoms with Gasteiger partial charge in [-0.05, 0) is 10.8 Å². The van der Waals surface area contributed by atoms with Crippen molar-refractivity contribution in [3.8, 4) is 0 Å². The number of aliphatic hydroxyl groups is 1. The lowest BCUT2D eigenvalue weighted by Crippen LogP contribution is -2.45. The van der Waals surface area contributed by atoms with E-state index >= 15 is 0 Å². The molecule has 0 aliphatic heterocycles. The summed E-state index contributed by atoms with van der Waals surface area (Å²) in [5.41, 5.74) is -0.838. The Morgan fingerprint density at radius 1 is 1.00 bits per heavy atom. The van der Waals surface area contributed by atoms with Crippen molar-refractivity contribution in [3.05, 3.63) is 0 Å². The zero-order chi connectivity index (χ0) is 11.7. The summed E-state index contributed by atoms with van der Waals surface area (Å²) in [5.74, 6) is -1.66. The second-order valence-electron chi connectivity index (χ2n) is 5.99. The number of carboxylic acids is 1. The Morgan fingerprint density at radius 3 is 1.43 bits per heavy atom. The van der Waals surface area contributed by atoms with E-state index in [0.717, 1.165) is 0 Å². The van der Waals surface area contributed by atoms with E-state index in [1.54, 1.807) is 0 Å². The van der Waals surface area contributed by atoms with Gasteiger partial charge in [-0.1, -0.05) is 41.5 Å². The third kappa shape index (κ3) is 3.29. The van der Waals surface area contributed by atoms with Crippen molar-refractivity contribution in [1.82, 2.24) is 0 Å². The molecular weight excluding hydrogens is 180 g/mol. The standard InChI is InChI=1S/C11H22O3/c1-10(2,3)7(9(13)14)8(12)11(4,5)6/h7-8,12H,1-6H3,(H,13,14). The Labute approximate surface area is 86.1 Å². The van der Waals surface area contributed by atoms with Crippen LogP contribution in [-0.4, -0.2) is 22.3 Å². The normalized spacial score (nSPS) is 17.6. The Balaban J connectivity index is 4.96. The molecule has 0 aliphatic carbocycles. The number of aliphatic hydroxyl groups excluding tert-OH is 1. The lowest BCUT2D eigenvalue weighted by molar-refractivity contribution is -0.155. The van der Waals surface area contributed by atoms with Gasteiger partial charge in [-0.15, -0.1) is 0 Å². The minimum atomic E-state index is -0.931. The van der Waals surface area contributed by atoms with E-state index in [2.05, 4.69) is 0 Å². The second-order valence-corrected chi connectivity index (χ2v) is 5.99. The molecule has 0 heterocycles. The minimum Gasteiger partial charge on any atom is -0.481 e. The highest BCUT2D eigenvalue weighted by molar-refractivity contribution is 5.71. The lowest BCUT2D eigenvalue weighted by Gasteiger charge is -2.37. The number of carboxylic acid groups (broad SMARTS) is 1. The first-order valence-corrected chi connectivity index (χ1v) is 4.89. The maximum Gasteiger partial charge on any atom is 0.309 e. The van der Waals surface area contributed by atoms with Crippen LogP contribution in [-0.2, 0) is 4.79 Å². The zero-order valence-corrected chi connectivity index (χ0v) is 9.96. The van der Waals surface area contributed by atoms with E-state index in [-0.39, 0.29) is 0 Å².